The molecule has 1 radical (unpaired) electrons. The highest BCUT2D eigenvalue weighted by Gasteiger charge is 2.12. The molecule has 0 aromatic rings. The normalized spacial score (nSPS) is 11.3. The van der Waals surface area contributed by atoms with Crippen LogP contribution in [0.3, 0.4) is 0 Å². The van der Waals surface area contributed by atoms with Crippen molar-refractivity contribution < 1.29 is 4.43 Å². The molecule has 109 valence electrons. The topological polar surface area (TPSA) is 9.23 Å². The van der Waals surface area contributed by atoms with E-state index in [1.165, 1.54) is 50.6 Å². The number of halogens is 2. The van der Waals surface area contributed by atoms with E-state index in [4.69, 9.17) is 27.6 Å². The van der Waals surface area contributed by atoms with Crippen LogP contribution in [0, 0.1) is 0 Å². The number of hydrogen-bond donors (Lipinski definition) is 0. The first-order chi connectivity index (χ1) is 8.85. The predicted molar refractivity (Wildman–Crippen MR) is 85.4 cm³/mol. The Hall–Kier alpha value is 0.757. The first-order valence-corrected chi connectivity index (χ1v) is 10.3. The second kappa shape index (κ2) is 15.8. The molecular weight excluding hydrogens is 283 g/mol. The fraction of sp³-hybridized carbons (Fsp3) is 1.00. The van der Waals surface area contributed by atoms with E-state index in [1.54, 1.807) is 0 Å². The van der Waals surface area contributed by atoms with Gasteiger partial charge in [-0.15, -0.1) is 23.2 Å². The Kier molecular flexibility index (Phi) is 16.5. The van der Waals surface area contributed by atoms with Crippen molar-refractivity contribution in [1.29, 1.82) is 0 Å². The van der Waals surface area contributed by atoms with E-state index in [1.807, 2.05) is 0 Å². The third kappa shape index (κ3) is 13.2. The molecular formula is C14H29Cl2OSi. The van der Waals surface area contributed by atoms with Crippen molar-refractivity contribution in [2.45, 2.75) is 70.4 Å². The van der Waals surface area contributed by atoms with Crippen LogP contribution in [-0.4, -0.2) is 27.4 Å². The minimum Gasteiger partial charge on any atom is -0.417 e. The summed E-state index contributed by atoms with van der Waals surface area (Å²) in [4.78, 5) is 0. The highest BCUT2D eigenvalue weighted by molar-refractivity contribution is 6.51. The lowest BCUT2D eigenvalue weighted by Crippen LogP contribution is -2.18. The molecule has 0 bridgehead atoms. The number of hydrogen-bond acceptors (Lipinski definition) is 1. The lowest BCUT2D eigenvalue weighted by Gasteiger charge is -2.15. The average molecular weight is 312 g/mol. The van der Waals surface area contributed by atoms with Gasteiger partial charge in [0.15, 0.2) is 0 Å². The van der Waals surface area contributed by atoms with E-state index in [0.29, 0.717) is 0 Å². The summed E-state index contributed by atoms with van der Waals surface area (Å²) in [6.45, 7) is 3.19. The maximum absolute atomic E-state index is 6.08. The van der Waals surface area contributed by atoms with Crippen LogP contribution in [0.25, 0.3) is 0 Å². The number of rotatable bonds is 14. The van der Waals surface area contributed by atoms with Crippen molar-refractivity contribution in [2.24, 2.45) is 0 Å². The van der Waals surface area contributed by atoms with Crippen LogP contribution >= 0.6 is 23.2 Å². The van der Waals surface area contributed by atoms with Gasteiger partial charge in [0, 0.05) is 18.4 Å². The molecule has 0 aromatic heterocycles. The molecule has 0 unspecified atom stereocenters. The van der Waals surface area contributed by atoms with Crippen molar-refractivity contribution in [2.75, 3.05) is 18.4 Å². The van der Waals surface area contributed by atoms with Crippen molar-refractivity contribution in [3.05, 3.63) is 0 Å². The van der Waals surface area contributed by atoms with Crippen LogP contribution in [0.1, 0.15) is 58.3 Å². The van der Waals surface area contributed by atoms with Crippen LogP contribution < -0.4 is 0 Å². The number of unbranched alkanes of at least 4 members (excludes halogenated alkanes) is 5. The zero-order valence-corrected chi connectivity index (χ0v) is 14.4. The fourth-order valence-electron chi connectivity index (χ4n) is 1.82. The zero-order chi connectivity index (χ0) is 13.5. The SMILES string of the molecule is CCCCO[Si](CCCCCCl)CCCCCCl. The maximum Gasteiger partial charge on any atom is 0.211 e. The largest absolute Gasteiger partial charge is 0.417 e. The van der Waals surface area contributed by atoms with Gasteiger partial charge in [-0.25, -0.2) is 0 Å². The molecule has 0 amide bonds. The van der Waals surface area contributed by atoms with Crippen LogP contribution in [-0.2, 0) is 4.43 Å². The van der Waals surface area contributed by atoms with Gasteiger partial charge in [0.2, 0.25) is 9.04 Å². The van der Waals surface area contributed by atoms with E-state index in [9.17, 15) is 0 Å². The van der Waals surface area contributed by atoms with Gasteiger partial charge in [0.05, 0.1) is 0 Å². The third-order valence-electron chi connectivity index (χ3n) is 2.98. The monoisotopic (exact) mass is 311 g/mol. The maximum atomic E-state index is 6.08. The molecule has 4 heteroatoms. The summed E-state index contributed by atoms with van der Waals surface area (Å²) in [6.07, 6.45) is 9.85. The highest BCUT2D eigenvalue weighted by Crippen LogP contribution is 2.14. The zero-order valence-electron chi connectivity index (χ0n) is 11.9. The van der Waals surface area contributed by atoms with E-state index in [2.05, 4.69) is 6.92 Å². The Morgan fingerprint density at radius 1 is 0.778 bits per heavy atom. The Balaban J connectivity index is 3.62. The first-order valence-electron chi connectivity index (χ1n) is 7.44. The van der Waals surface area contributed by atoms with Gasteiger partial charge in [-0.3, -0.25) is 0 Å². The molecule has 0 saturated carbocycles. The molecule has 0 aromatic carbocycles. The Bertz CT molecular complexity index is 147. The Morgan fingerprint density at radius 3 is 1.78 bits per heavy atom. The van der Waals surface area contributed by atoms with Crippen LogP contribution in [0.2, 0.25) is 12.1 Å². The first kappa shape index (κ1) is 18.8. The van der Waals surface area contributed by atoms with E-state index >= 15 is 0 Å². The summed E-state index contributed by atoms with van der Waals surface area (Å²) in [7, 11) is -0.564. The highest BCUT2D eigenvalue weighted by atomic mass is 35.5. The van der Waals surface area contributed by atoms with Gasteiger partial charge in [0.25, 0.3) is 0 Å². The van der Waals surface area contributed by atoms with Gasteiger partial charge in [0.1, 0.15) is 0 Å². The van der Waals surface area contributed by atoms with Gasteiger partial charge in [-0.2, -0.15) is 0 Å². The second-order valence-electron chi connectivity index (χ2n) is 4.74. The molecule has 0 heterocycles. The van der Waals surface area contributed by atoms with Crippen LogP contribution in [0.5, 0.6) is 0 Å². The predicted octanol–water partition coefficient (Wildman–Crippen LogP) is 5.61. The third-order valence-corrected chi connectivity index (χ3v) is 5.95. The Labute approximate surface area is 125 Å². The summed E-state index contributed by atoms with van der Waals surface area (Å²) in [6, 6.07) is 2.60. The summed E-state index contributed by atoms with van der Waals surface area (Å²) >= 11 is 11.4. The number of alkyl halides is 2. The smallest absolute Gasteiger partial charge is 0.211 e. The molecule has 0 atom stereocenters. The molecule has 0 aliphatic rings. The quantitative estimate of drug-likeness (QED) is 0.230. The van der Waals surface area contributed by atoms with Crippen molar-refractivity contribution in [1.82, 2.24) is 0 Å². The molecule has 0 rings (SSSR count). The minimum atomic E-state index is -0.564. The van der Waals surface area contributed by atoms with Crippen molar-refractivity contribution >= 4 is 32.2 Å². The van der Waals surface area contributed by atoms with Gasteiger partial charge < -0.3 is 4.43 Å². The summed E-state index contributed by atoms with van der Waals surface area (Å²) in [5.41, 5.74) is 0. The average Bonchev–Trinajstić information content (AvgIpc) is 2.39. The molecule has 0 aliphatic carbocycles. The molecule has 18 heavy (non-hydrogen) atoms. The van der Waals surface area contributed by atoms with Crippen molar-refractivity contribution in [3.63, 3.8) is 0 Å². The molecule has 0 saturated heterocycles. The van der Waals surface area contributed by atoms with E-state index < -0.39 is 9.04 Å². The lowest BCUT2D eigenvalue weighted by molar-refractivity contribution is 0.307. The van der Waals surface area contributed by atoms with Crippen LogP contribution in [0.15, 0.2) is 0 Å². The van der Waals surface area contributed by atoms with Gasteiger partial charge in [-0.1, -0.05) is 39.0 Å². The second-order valence-corrected chi connectivity index (χ2v) is 7.86. The molecule has 0 N–H and O–H groups in total. The molecule has 0 spiro atoms. The van der Waals surface area contributed by atoms with Crippen molar-refractivity contribution in [3.8, 4) is 0 Å². The summed E-state index contributed by atoms with van der Waals surface area (Å²) in [5.74, 6) is 1.60. The Morgan fingerprint density at radius 2 is 1.33 bits per heavy atom. The molecule has 0 fully saturated rings. The van der Waals surface area contributed by atoms with E-state index in [-0.39, 0.29) is 0 Å². The summed E-state index contributed by atoms with van der Waals surface area (Å²) < 4.78 is 6.08. The summed E-state index contributed by atoms with van der Waals surface area (Å²) in [5, 5.41) is 0. The molecule has 0 aliphatic heterocycles. The van der Waals surface area contributed by atoms with Gasteiger partial charge in [-0.05, 0) is 31.4 Å². The minimum absolute atomic E-state index is 0.564. The van der Waals surface area contributed by atoms with Gasteiger partial charge >= 0.3 is 0 Å². The standard InChI is InChI=1S/C14H29Cl2OSi/c1-2-3-12-17-18(13-8-4-6-10-15)14-9-5-7-11-16/h2-14H2,1H3. The lowest BCUT2D eigenvalue weighted by atomic mass is 10.3. The fourth-order valence-corrected chi connectivity index (χ4v) is 4.46. The van der Waals surface area contributed by atoms with Crippen LogP contribution in [0.4, 0.5) is 0 Å². The molecule has 1 nitrogen and oxygen atoms in total. The van der Waals surface area contributed by atoms with E-state index in [0.717, 1.165) is 31.2 Å².